The Bertz CT molecular complexity index is 692. The molecule has 0 N–H and O–H groups in total. The highest BCUT2D eigenvalue weighted by Gasteiger charge is 2.41. The topological polar surface area (TPSA) is 36.4 Å². The van der Waals surface area contributed by atoms with Crippen LogP contribution in [0.15, 0.2) is 35.2 Å². The van der Waals surface area contributed by atoms with Crippen molar-refractivity contribution in [2.75, 3.05) is 26.2 Å². The van der Waals surface area contributed by atoms with Crippen molar-refractivity contribution in [1.82, 2.24) is 14.8 Å². The Hall–Kier alpha value is -1.43. The summed E-state index contributed by atoms with van der Waals surface area (Å²) in [5.41, 5.74) is 3.57. The second kappa shape index (κ2) is 6.23. The third kappa shape index (κ3) is 3.13. The lowest BCUT2D eigenvalue weighted by Gasteiger charge is -2.21. The minimum Gasteiger partial charge on any atom is -0.337 e. The summed E-state index contributed by atoms with van der Waals surface area (Å²) >= 11 is 7.53. The van der Waals surface area contributed by atoms with Gasteiger partial charge in [-0.2, -0.15) is 0 Å². The summed E-state index contributed by atoms with van der Waals surface area (Å²) in [7, 11) is 0. The summed E-state index contributed by atoms with van der Waals surface area (Å²) in [6.45, 7) is 4.75. The molecule has 3 heterocycles. The second-order valence-electron chi connectivity index (χ2n) is 6.43. The number of carbonyl (C=O) groups excluding carboxylic acids is 1. The minimum absolute atomic E-state index is 0.0852. The molecule has 0 aliphatic carbocycles. The maximum absolute atomic E-state index is 12.4. The Labute approximate surface area is 144 Å². The number of likely N-dealkylation sites (tertiary alicyclic amines) is 2. The fraction of sp³-hybridized carbons (Fsp3) is 0.412. The van der Waals surface area contributed by atoms with Gasteiger partial charge in [0.15, 0.2) is 0 Å². The van der Waals surface area contributed by atoms with Crippen molar-refractivity contribution in [2.24, 2.45) is 11.8 Å². The standard InChI is InChI=1S/C17H18ClN3OS/c18-15-3-1-2-12(4-15)5-20-6-13-8-21(9-14(13)7-20)17(22)16-10-23-11-19-16/h1-4,10-11,13-14H,5-9H2/t13-,14+. The molecule has 0 radical (unpaired) electrons. The van der Waals surface area contributed by atoms with Gasteiger partial charge in [0.1, 0.15) is 5.69 Å². The monoisotopic (exact) mass is 347 g/mol. The first-order chi connectivity index (χ1) is 11.2. The van der Waals surface area contributed by atoms with Gasteiger partial charge < -0.3 is 4.90 Å². The number of aromatic nitrogens is 1. The molecular weight excluding hydrogens is 330 g/mol. The first-order valence-electron chi connectivity index (χ1n) is 7.83. The number of rotatable bonds is 3. The van der Waals surface area contributed by atoms with Crippen LogP contribution in [0.3, 0.4) is 0 Å². The van der Waals surface area contributed by atoms with Crippen LogP contribution in [-0.2, 0) is 6.54 Å². The van der Waals surface area contributed by atoms with Crippen LogP contribution in [0.5, 0.6) is 0 Å². The van der Waals surface area contributed by atoms with Crippen LogP contribution >= 0.6 is 22.9 Å². The van der Waals surface area contributed by atoms with E-state index in [1.54, 1.807) is 5.51 Å². The summed E-state index contributed by atoms with van der Waals surface area (Å²) in [5, 5.41) is 2.63. The largest absolute Gasteiger partial charge is 0.337 e. The van der Waals surface area contributed by atoms with E-state index in [4.69, 9.17) is 11.6 Å². The number of hydrogen-bond donors (Lipinski definition) is 0. The predicted octanol–water partition coefficient (Wildman–Crippen LogP) is 3.00. The van der Waals surface area contributed by atoms with Gasteiger partial charge in [-0.25, -0.2) is 4.98 Å². The van der Waals surface area contributed by atoms with Gasteiger partial charge in [0.2, 0.25) is 0 Å². The fourth-order valence-electron chi connectivity index (χ4n) is 3.76. The van der Waals surface area contributed by atoms with Crippen molar-refractivity contribution in [1.29, 1.82) is 0 Å². The Morgan fingerprint density at radius 3 is 2.70 bits per heavy atom. The number of amides is 1. The van der Waals surface area contributed by atoms with Gasteiger partial charge in [0.05, 0.1) is 5.51 Å². The molecule has 0 unspecified atom stereocenters. The number of nitrogens with zero attached hydrogens (tertiary/aromatic N) is 3. The van der Waals surface area contributed by atoms with Crippen LogP contribution < -0.4 is 0 Å². The van der Waals surface area contributed by atoms with Crippen LogP contribution in [0.25, 0.3) is 0 Å². The number of thiazole rings is 1. The van der Waals surface area contributed by atoms with Crippen molar-refractivity contribution < 1.29 is 4.79 Å². The molecule has 1 amide bonds. The van der Waals surface area contributed by atoms with E-state index in [2.05, 4.69) is 16.0 Å². The van der Waals surface area contributed by atoms with Crippen LogP contribution in [0.4, 0.5) is 0 Å². The Balaban J connectivity index is 1.36. The van der Waals surface area contributed by atoms with E-state index < -0.39 is 0 Å². The van der Waals surface area contributed by atoms with E-state index in [-0.39, 0.29) is 5.91 Å². The summed E-state index contributed by atoms with van der Waals surface area (Å²) in [6, 6.07) is 8.07. The second-order valence-corrected chi connectivity index (χ2v) is 7.58. The number of fused-ring (bicyclic) bond motifs is 1. The van der Waals surface area contributed by atoms with Gasteiger partial charge in [-0.1, -0.05) is 23.7 Å². The zero-order chi connectivity index (χ0) is 15.8. The Morgan fingerprint density at radius 1 is 1.26 bits per heavy atom. The highest BCUT2D eigenvalue weighted by Crippen LogP contribution is 2.32. The zero-order valence-electron chi connectivity index (χ0n) is 12.7. The number of halogens is 1. The average Bonchev–Trinajstić information content (AvgIpc) is 3.22. The molecule has 2 aliphatic heterocycles. The minimum atomic E-state index is 0.0852. The van der Waals surface area contributed by atoms with Gasteiger partial charge in [-0.15, -0.1) is 11.3 Å². The molecule has 4 nitrogen and oxygen atoms in total. The van der Waals surface area contributed by atoms with Crippen molar-refractivity contribution in [3.05, 3.63) is 51.4 Å². The maximum atomic E-state index is 12.4. The first-order valence-corrected chi connectivity index (χ1v) is 9.15. The van der Waals surface area contributed by atoms with E-state index in [1.807, 2.05) is 28.5 Å². The third-order valence-corrected chi connectivity index (χ3v) is 5.62. The molecule has 6 heteroatoms. The molecule has 1 aromatic heterocycles. The van der Waals surface area contributed by atoms with Gasteiger partial charge in [0, 0.05) is 43.1 Å². The Morgan fingerprint density at radius 2 is 2.04 bits per heavy atom. The molecule has 1 aromatic carbocycles. The van der Waals surface area contributed by atoms with Gasteiger partial charge in [0.25, 0.3) is 5.91 Å². The van der Waals surface area contributed by atoms with E-state index in [0.717, 1.165) is 37.7 Å². The molecule has 0 bridgehead atoms. The molecule has 23 heavy (non-hydrogen) atoms. The SMILES string of the molecule is O=C(c1cscn1)N1C[C@H]2CN(Cc3cccc(Cl)c3)C[C@H]2C1. The molecular formula is C17H18ClN3OS. The molecule has 0 spiro atoms. The quantitative estimate of drug-likeness (QED) is 0.856. The van der Waals surface area contributed by atoms with E-state index >= 15 is 0 Å². The molecule has 2 aromatic rings. The van der Waals surface area contributed by atoms with Crippen LogP contribution in [-0.4, -0.2) is 46.9 Å². The smallest absolute Gasteiger partial charge is 0.273 e. The molecule has 2 fully saturated rings. The molecule has 2 aliphatic rings. The van der Waals surface area contributed by atoms with Gasteiger partial charge >= 0.3 is 0 Å². The van der Waals surface area contributed by atoms with Crippen LogP contribution in [0.1, 0.15) is 16.1 Å². The van der Waals surface area contributed by atoms with Gasteiger partial charge in [-0.3, -0.25) is 9.69 Å². The Kier molecular flexibility index (Phi) is 4.09. The molecule has 2 saturated heterocycles. The zero-order valence-corrected chi connectivity index (χ0v) is 14.3. The van der Waals surface area contributed by atoms with E-state index in [1.165, 1.54) is 16.9 Å². The van der Waals surface area contributed by atoms with Crippen LogP contribution in [0.2, 0.25) is 5.02 Å². The van der Waals surface area contributed by atoms with Gasteiger partial charge in [-0.05, 0) is 29.5 Å². The molecule has 120 valence electrons. The normalized spacial score (nSPS) is 24.1. The maximum Gasteiger partial charge on any atom is 0.273 e. The van der Waals surface area contributed by atoms with E-state index in [9.17, 15) is 4.79 Å². The first kappa shape index (κ1) is 15.1. The molecule has 2 atom stereocenters. The third-order valence-electron chi connectivity index (χ3n) is 4.80. The van der Waals surface area contributed by atoms with Crippen molar-refractivity contribution >= 4 is 28.8 Å². The summed E-state index contributed by atoms with van der Waals surface area (Å²) in [6.07, 6.45) is 0. The molecule has 0 saturated carbocycles. The summed E-state index contributed by atoms with van der Waals surface area (Å²) in [5.74, 6) is 1.25. The molecule has 4 rings (SSSR count). The lowest BCUT2D eigenvalue weighted by molar-refractivity contribution is 0.0768. The number of benzene rings is 1. The van der Waals surface area contributed by atoms with Crippen molar-refractivity contribution in [2.45, 2.75) is 6.54 Å². The van der Waals surface area contributed by atoms with Crippen LogP contribution in [0, 0.1) is 11.8 Å². The summed E-state index contributed by atoms with van der Waals surface area (Å²) in [4.78, 5) is 21.0. The summed E-state index contributed by atoms with van der Waals surface area (Å²) < 4.78 is 0. The number of hydrogen-bond acceptors (Lipinski definition) is 4. The lowest BCUT2D eigenvalue weighted by Crippen LogP contribution is -2.33. The van der Waals surface area contributed by atoms with E-state index in [0.29, 0.717) is 17.5 Å². The van der Waals surface area contributed by atoms with Crippen molar-refractivity contribution in [3.8, 4) is 0 Å². The highest BCUT2D eigenvalue weighted by molar-refractivity contribution is 7.07. The lowest BCUT2D eigenvalue weighted by atomic mass is 10.0. The average molecular weight is 348 g/mol. The fourth-order valence-corrected chi connectivity index (χ4v) is 4.50. The highest BCUT2D eigenvalue weighted by atomic mass is 35.5. The van der Waals surface area contributed by atoms with Crippen molar-refractivity contribution in [3.63, 3.8) is 0 Å². The number of carbonyl (C=O) groups is 1. The predicted molar refractivity (Wildman–Crippen MR) is 91.7 cm³/mol.